The average molecular weight is 370 g/mol. The highest BCUT2D eigenvalue weighted by atomic mass is 32.1. The molecule has 6 heteroatoms. The summed E-state index contributed by atoms with van der Waals surface area (Å²) in [4.78, 5) is 17.6. The van der Waals surface area contributed by atoms with Crippen LogP contribution in [0.25, 0.3) is 10.2 Å². The molecule has 0 unspecified atom stereocenters. The minimum atomic E-state index is -0.166. The Morgan fingerprint density at radius 3 is 2.46 bits per heavy atom. The van der Waals surface area contributed by atoms with Crippen molar-refractivity contribution in [3.63, 3.8) is 0 Å². The first-order chi connectivity index (χ1) is 12.6. The molecule has 0 radical (unpaired) electrons. The number of methoxy groups -OCH3 is 2. The second-order valence-corrected chi connectivity index (χ2v) is 6.90. The quantitative estimate of drug-likeness (QED) is 0.688. The van der Waals surface area contributed by atoms with E-state index in [4.69, 9.17) is 9.47 Å². The van der Waals surface area contributed by atoms with Crippen LogP contribution >= 0.6 is 11.3 Å². The molecule has 1 heterocycles. The third-order valence-corrected chi connectivity index (χ3v) is 5.47. The Balaban J connectivity index is 2.00. The molecule has 0 spiro atoms. The molecule has 136 valence electrons. The fraction of sp³-hybridized carbons (Fsp3) is 0.300. The number of nitrogens with zero attached hydrogens (tertiary/aromatic N) is 2. The highest BCUT2D eigenvalue weighted by Crippen LogP contribution is 2.30. The van der Waals surface area contributed by atoms with E-state index in [0.29, 0.717) is 11.3 Å². The van der Waals surface area contributed by atoms with Gasteiger partial charge < -0.3 is 14.0 Å². The van der Waals surface area contributed by atoms with E-state index in [1.807, 2.05) is 47.9 Å². The Bertz CT molecular complexity index is 1000. The summed E-state index contributed by atoms with van der Waals surface area (Å²) in [5.74, 6) is 1.40. The summed E-state index contributed by atoms with van der Waals surface area (Å²) < 4.78 is 13.8. The normalized spacial score (nSPS) is 11.8. The monoisotopic (exact) mass is 370 g/mol. The fourth-order valence-corrected chi connectivity index (χ4v) is 4.08. The van der Waals surface area contributed by atoms with Gasteiger partial charge in [0.2, 0.25) is 0 Å². The van der Waals surface area contributed by atoms with Crippen LogP contribution in [0, 0.1) is 6.92 Å². The lowest BCUT2D eigenvalue weighted by Gasteiger charge is -2.07. The van der Waals surface area contributed by atoms with Gasteiger partial charge in [0.1, 0.15) is 17.0 Å². The molecule has 0 atom stereocenters. The molecule has 26 heavy (non-hydrogen) atoms. The third-order valence-electron chi connectivity index (χ3n) is 4.26. The number of amides is 1. The molecule has 0 N–H and O–H groups in total. The minimum absolute atomic E-state index is 0.166. The van der Waals surface area contributed by atoms with Crippen molar-refractivity contribution < 1.29 is 14.3 Å². The summed E-state index contributed by atoms with van der Waals surface area (Å²) in [7, 11) is 3.28. The van der Waals surface area contributed by atoms with Gasteiger partial charge in [0.15, 0.2) is 4.80 Å². The van der Waals surface area contributed by atoms with Crippen LogP contribution < -0.4 is 14.3 Å². The molecule has 0 saturated heterocycles. The number of aryl methyl sites for hydroxylation is 2. The molecule has 0 aliphatic heterocycles. The van der Waals surface area contributed by atoms with Gasteiger partial charge in [-0.05, 0) is 43.2 Å². The van der Waals surface area contributed by atoms with Crippen molar-refractivity contribution in [1.82, 2.24) is 4.57 Å². The summed E-state index contributed by atoms with van der Waals surface area (Å²) in [5.41, 5.74) is 3.06. The molecule has 0 saturated carbocycles. The molecule has 1 aromatic heterocycles. The maximum Gasteiger partial charge on any atom is 0.252 e. The van der Waals surface area contributed by atoms with Crippen LogP contribution in [0.4, 0.5) is 0 Å². The van der Waals surface area contributed by atoms with E-state index in [2.05, 4.69) is 11.9 Å². The summed E-state index contributed by atoms with van der Waals surface area (Å²) in [6.07, 6.45) is 0.262. The highest BCUT2D eigenvalue weighted by Gasteiger charge is 2.13. The number of rotatable bonds is 5. The van der Waals surface area contributed by atoms with Crippen molar-refractivity contribution in [2.45, 2.75) is 26.8 Å². The number of ether oxygens (including phenoxy) is 2. The van der Waals surface area contributed by atoms with E-state index in [1.165, 1.54) is 11.3 Å². The second kappa shape index (κ2) is 7.74. The lowest BCUT2D eigenvalue weighted by molar-refractivity contribution is -0.117. The first-order valence-electron chi connectivity index (χ1n) is 8.44. The number of hydrogen-bond donors (Lipinski definition) is 0. The summed E-state index contributed by atoms with van der Waals surface area (Å²) in [5, 5.41) is 0. The van der Waals surface area contributed by atoms with Crippen LogP contribution in [0.3, 0.4) is 0 Å². The van der Waals surface area contributed by atoms with Crippen molar-refractivity contribution >= 4 is 27.5 Å². The third kappa shape index (κ3) is 3.51. The molecular weight excluding hydrogens is 348 g/mol. The van der Waals surface area contributed by atoms with Crippen LogP contribution in [0.15, 0.2) is 41.4 Å². The topological polar surface area (TPSA) is 52.8 Å². The van der Waals surface area contributed by atoms with E-state index < -0.39 is 0 Å². The molecule has 0 bridgehead atoms. The Labute approximate surface area is 156 Å². The molecule has 0 aliphatic rings. The van der Waals surface area contributed by atoms with E-state index in [-0.39, 0.29) is 12.3 Å². The molecule has 0 fully saturated rings. The van der Waals surface area contributed by atoms with Crippen LogP contribution in [0.2, 0.25) is 0 Å². The Morgan fingerprint density at radius 1 is 1.12 bits per heavy atom. The molecule has 0 aliphatic carbocycles. The molecule has 2 aromatic carbocycles. The van der Waals surface area contributed by atoms with Gasteiger partial charge >= 0.3 is 0 Å². The number of hydrogen-bond acceptors (Lipinski definition) is 4. The van der Waals surface area contributed by atoms with Crippen molar-refractivity contribution in [1.29, 1.82) is 0 Å². The molecule has 5 nitrogen and oxygen atoms in total. The van der Waals surface area contributed by atoms with E-state index >= 15 is 0 Å². The van der Waals surface area contributed by atoms with Gasteiger partial charge in [-0.3, -0.25) is 4.79 Å². The van der Waals surface area contributed by atoms with Gasteiger partial charge in [-0.2, -0.15) is 4.99 Å². The zero-order chi connectivity index (χ0) is 18.7. The van der Waals surface area contributed by atoms with Crippen LogP contribution in [0.1, 0.15) is 18.1 Å². The second-order valence-electron chi connectivity index (χ2n) is 5.92. The van der Waals surface area contributed by atoms with Gasteiger partial charge in [0.05, 0.1) is 25.3 Å². The lowest BCUT2D eigenvalue weighted by atomic mass is 10.1. The minimum Gasteiger partial charge on any atom is -0.497 e. The Hall–Kier alpha value is -2.60. The largest absolute Gasteiger partial charge is 0.497 e. The van der Waals surface area contributed by atoms with Gasteiger partial charge in [0.25, 0.3) is 5.91 Å². The van der Waals surface area contributed by atoms with Gasteiger partial charge in [-0.25, -0.2) is 0 Å². The number of carbonyl (C=O) groups is 1. The number of benzene rings is 2. The predicted octanol–water partition coefficient (Wildman–Crippen LogP) is 3.72. The average Bonchev–Trinajstić information content (AvgIpc) is 3.01. The Kier molecular flexibility index (Phi) is 5.42. The fourth-order valence-electron chi connectivity index (χ4n) is 2.89. The number of fused-ring (bicyclic) bond motifs is 1. The first-order valence-corrected chi connectivity index (χ1v) is 9.26. The number of carbonyl (C=O) groups excluding carboxylic acids is 1. The van der Waals surface area contributed by atoms with Crippen LogP contribution in [-0.2, 0) is 17.8 Å². The lowest BCUT2D eigenvalue weighted by Crippen LogP contribution is -2.16. The highest BCUT2D eigenvalue weighted by molar-refractivity contribution is 7.16. The van der Waals surface area contributed by atoms with Crippen molar-refractivity contribution in [3.05, 3.63) is 52.3 Å². The zero-order valence-electron chi connectivity index (χ0n) is 15.4. The summed E-state index contributed by atoms with van der Waals surface area (Å²) in [6, 6.07) is 11.5. The van der Waals surface area contributed by atoms with Crippen molar-refractivity contribution in [2.75, 3.05) is 14.2 Å². The maximum absolute atomic E-state index is 12.5. The van der Waals surface area contributed by atoms with Gasteiger partial charge in [-0.15, -0.1) is 0 Å². The summed E-state index contributed by atoms with van der Waals surface area (Å²) in [6.45, 7) is 4.82. The maximum atomic E-state index is 12.5. The van der Waals surface area contributed by atoms with Gasteiger partial charge in [-0.1, -0.05) is 29.5 Å². The molecule has 1 amide bonds. The smallest absolute Gasteiger partial charge is 0.252 e. The summed E-state index contributed by atoms with van der Waals surface area (Å²) >= 11 is 1.53. The van der Waals surface area contributed by atoms with Gasteiger partial charge in [0, 0.05) is 6.54 Å². The molecule has 3 rings (SSSR count). The SMILES string of the molecule is CCn1c(=NC(=O)Cc2ccc(OC)cc2)sc2c(C)ccc(OC)c21. The number of thiazole rings is 1. The van der Waals surface area contributed by atoms with Crippen LogP contribution in [-0.4, -0.2) is 24.7 Å². The standard InChI is InChI=1S/C20H22N2O3S/c1-5-22-18-16(25-4)11-6-13(2)19(18)26-20(22)21-17(23)12-14-7-9-15(24-3)10-8-14/h6-11H,5,12H2,1-4H3. The van der Waals surface area contributed by atoms with E-state index in [0.717, 1.165) is 32.8 Å². The van der Waals surface area contributed by atoms with Crippen LogP contribution in [0.5, 0.6) is 11.5 Å². The zero-order valence-corrected chi connectivity index (χ0v) is 16.2. The van der Waals surface area contributed by atoms with Crippen molar-refractivity contribution in [2.24, 2.45) is 4.99 Å². The molecule has 3 aromatic rings. The predicted molar refractivity (Wildman–Crippen MR) is 104 cm³/mol. The molecular formula is C20H22N2O3S. The van der Waals surface area contributed by atoms with E-state index in [9.17, 15) is 4.79 Å². The Morgan fingerprint density at radius 2 is 1.85 bits per heavy atom. The number of aromatic nitrogens is 1. The van der Waals surface area contributed by atoms with Crippen molar-refractivity contribution in [3.8, 4) is 11.5 Å². The van der Waals surface area contributed by atoms with E-state index in [1.54, 1.807) is 14.2 Å². The first kappa shape index (κ1) is 18.2.